The number of amides is 2. The van der Waals surface area contributed by atoms with Crippen molar-refractivity contribution >= 4 is 11.8 Å². The summed E-state index contributed by atoms with van der Waals surface area (Å²) in [7, 11) is 33.9. The highest BCUT2D eigenvalue weighted by atomic mass is 16.5. The molecule has 0 aromatic rings. The second kappa shape index (κ2) is 59.0. The Morgan fingerprint density at radius 2 is 0.851 bits per heavy atom. The molecule has 5 heterocycles. The zero-order valence-corrected chi connectivity index (χ0v) is 52.4. The number of likely N-dealkylation sites (N-methyl/N-ethyl adjacent to an activating group) is 7. The lowest BCUT2D eigenvalue weighted by atomic mass is 10.1. The van der Waals surface area contributed by atoms with Crippen LogP contribution in [0, 0.1) is 0 Å². The number of rotatable bonds is 17. The van der Waals surface area contributed by atoms with Gasteiger partial charge in [-0.25, -0.2) is 0 Å². The van der Waals surface area contributed by atoms with Crippen LogP contribution in [0.5, 0.6) is 0 Å². The fourth-order valence-electron chi connectivity index (χ4n) is 6.83. The predicted molar refractivity (Wildman–Crippen MR) is 316 cm³/mol. The maximum Gasteiger partial charge on any atom is 0.222 e. The minimum absolute atomic E-state index is 0.127. The number of piperazine rings is 2. The van der Waals surface area contributed by atoms with E-state index in [1.807, 2.05) is 84.9 Å². The van der Waals surface area contributed by atoms with Crippen molar-refractivity contribution in [2.75, 3.05) is 290 Å². The molecule has 19 heteroatoms. The summed E-state index contributed by atoms with van der Waals surface area (Å²) in [6, 6.07) is 0. The Kier molecular flexibility index (Phi) is 62.9. The second-order valence-electron chi connectivity index (χ2n) is 20.9. The zero-order chi connectivity index (χ0) is 56.8. The molecule has 448 valence electrons. The third-order valence-corrected chi connectivity index (χ3v) is 12.0. The molecule has 5 fully saturated rings. The molecule has 5 rings (SSSR count). The van der Waals surface area contributed by atoms with Crippen molar-refractivity contribution in [3.63, 3.8) is 0 Å². The van der Waals surface area contributed by atoms with Crippen LogP contribution in [-0.2, 0) is 28.5 Å². The van der Waals surface area contributed by atoms with Crippen LogP contribution in [0.1, 0.15) is 65.2 Å². The van der Waals surface area contributed by atoms with Crippen molar-refractivity contribution in [1.82, 2.24) is 64.5 Å². The third-order valence-electron chi connectivity index (χ3n) is 12.0. The highest BCUT2D eigenvalue weighted by Gasteiger charge is 2.17. The molecule has 0 radical (unpaired) electrons. The summed E-state index contributed by atoms with van der Waals surface area (Å²) in [5.74, 6) is 0.417. The Hall–Kier alpha value is -1.66. The second-order valence-corrected chi connectivity index (χ2v) is 20.9. The van der Waals surface area contributed by atoms with Crippen molar-refractivity contribution in [2.45, 2.75) is 65.2 Å². The van der Waals surface area contributed by atoms with Gasteiger partial charge in [-0.2, -0.15) is 0 Å². The molecule has 5 aliphatic heterocycles. The van der Waals surface area contributed by atoms with Crippen LogP contribution < -0.4 is 10.6 Å². The van der Waals surface area contributed by atoms with Crippen molar-refractivity contribution in [3.05, 3.63) is 0 Å². The lowest BCUT2D eigenvalue weighted by molar-refractivity contribution is -0.132. The van der Waals surface area contributed by atoms with Crippen LogP contribution in [0.15, 0.2) is 0 Å². The number of nitrogens with one attached hydrogen (secondary N) is 2. The van der Waals surface area contributed by atoms with E-state index in [0.717, 1.165) is 118 Å². The summed E-state index contributed by atoms with van der Waals surface area (Å²) in [6.07, 6.45) is 9.67. The maximum atomic E-state index is 11.2. The number of hydrogen-bond donors (Lipinski definition) is 2. The van der Waals surface area contributed by atoms with Gasteiger partial charge in [0.25, 0.3) is 0 Å². The van der Waals surface area contributed by atoms with Gasteiger partial charge in [-0.15, -0.1) is 0 Å². The van der Waals surface area contributed by atoms with Crippen molar-refractivity contribution in [1.29, 1.82) is 0 Å². The van der Waals surface area contributed by atoms with Gasteiger partial charge >= 0.3 is 0 Å². The molecule has 2 N–H and O–H groups in total. The molecule has 2 amide bonds. The van der Waals surface area contributed by atoms with E-state index in [-0.39, 0.29) is 11.8 Å². The highest BCUT2D eigenvalue weighted by molar-refractivity contribution is 5.76. The molecule has 0 aromatic heterocycles. The number of carbonyl (C=O) groups excluding carboxylic acids is 2. The van der Waals surface area contributed by atoms with Crippen LogP contribution in [0.2, 0.25) is 0 Å². The predicted octanol–water partition coefficient (Wildman–Crippen LogP) is 2.43. The Bertz CT molecular complexity index is 1080. The molecular formula is C55H127N13O6. The molecule has 0 spiro atoms. The Morgan fingerprint density at radius 3 is 1.16 bits per heavy atom. The van der Waals surface area contributed by atoms with Gasteiger partial charge in [0.15, 0.2) is 0 Å². The van der Waals surface area contributed by atoms with Crippen LogP contribution in [0.4, 0.5) is 0 Å². The number of methoxy groups -OCH3 is 3. The van der Waals surface area contributed by atoms with E-state index in [4.69, 9.17) is 18.9 Å². The average Bonchev–Trinajstić information content (AvgIpc) is 3.38. The standard InChI is InChI=1S/C8H18N2O.C8H16N2O.C8H17NO.C7H16N2O.C6H13N.C5H14N2.C5H11NO.C5H13NO.C3H9N/c1-9-3-5-10(6-4-9)7-8-11-2;1-3-8(11)10-6-4-9(2)5-7-10;1-10-8-7-9-5-3-2-4-6-9;1-4-7(10)8-5-6-9(2)3;1-7-5-3-2-4-6-7;1-6-4-5-7(2)3;1-6-2-4-7-5-3-6;1-6(2)4-5-7-3;1-4(2)3/h3-8H2,1-2H3;3-7H2,1-2H3;2-8H2,1H3;4-6H2,1-3H3,(H,8,10);2-6H2,1H3;6H,4-5H2,1-3H3;2-5H2,1H3;4-5H2,1-3H3;1-3H3. The molecule has 0 saturated carbocycles. The zero-order valence-electron chi connectivity index (χ0n) is 52.4. The van der Waals surface area contributed by atoms with E-state index in [9.17, 15) is 9.59 Å². The van der Waals surface area contributed by atoms with Crippen LogP contribution in [0.25, 0.3) is 0 Å². The molecular weight excluding hydrogens is 939 g/mol. The minimum Gasteiger partial charge on any atom is -0.383 e. The molecule has 0 atom stereocenters. The van der Waals surface area contributed by atoms with E-state index < -0.39 is 0 Å². The first kappa shape index (κ1) is 78.8. The minimum atomic E-state index is 0.127. The molecule has 0 bridgehead atoms. The number of nitrogens with zero attached hydrogens (tertiary/aromatic N) is 11. The summed E-state index contributed by atoms with van der Waals surface area (Å²) < 4.78 is 19.9. The van der Waals surface area contributed by atoms with Crippen molar-refractivity contribution in [2.24, 2.45) is 0 Å². The van der Waals surface area contributed by atoms with Gasteiger partial charge in [0.2, 0.25) is 11.8 Å². The summed E-state index contributed by atoms with van der Waals surface area (Å²) in [6.45, 7) is 31.3. The number of hydrogen-bond acceptors (Lipinski definition) is 17. The van der Waals surface area contributed by atoms with Gasteiger partial charge < -0.3 is 78.6 Å². The number of morpholine rings is 1. The first-order valence-corrected chi connectivity index (χ1v) is 28.2. The topological polar surface area (TPSA) is 131 Å². The van der Waals surface area contributed by atoms with Gasteiger partial charge in [0, 0.05) is 145 Å². The normalized spacial score (nSPS) is 17.8. The first-order chi connectivity index (χ1) is 35.2. The van der Waals surface area contributed by atoms with Crippen molar-refractivity contribution in [3.8, 4) is 0 Å². The van der Waals surface area contributed by atoms with Crippen LogP contribution in [0.3, 0.4) is 0 Å². The number of likely N-dealkylation sites (tertiary alicyclic amines) is 2. The maximum absolute atomic E-state index is 11.2. The fourth-order valence-corrected chi connectivity index (χ4v) is 6.83. The van der Waals surface area contributed by atoms with E-state index in [1.165, 1.54) is 90.9 Å². The van der Waals surface area contributed by atoms with E-state index in [2.05, 4.69) is 92.1 Å². The van der Waals surface area contributed by atoms with Crippen LogP contribution >= 0.6 is 0 Å². The molecule has 0 aromatic carbocycles. The largest absolute Gasteiger partial charge is 0.383 e. The summed E-state index contributed by atoms with van der Waals surface area (Å²) >= 11 is 0. The van der Waals surface area contributed by atoms with Gasteiger partial charge in [0.1, 0.15) is 0 Å². The monoisotopic (exact) mass is 1070 g/mol. The SMILES string of the molecule is CCC(=O)N1CCN(C)CC1.CCC(=O)NCCN(C)C.CN(C)C.CN1CCCCC1.CN1CCOCC1.CNCCN(C)C.COCCN(C)C.COCCN1CCCCC1.COCCN1CCN(C)CC1. The van der Waals surface area contributed by atoms with Crippen LogP contribution in [-0.4, -0.2) is 356 Å². The van der Waals surface area contributed by atoms with Gasteiger partial charge in [-0.05, 0) is 151 Å². The Labute approximate surface area is 459 Å². The van der Waals surface area contributed by atoms with Gasteiger partial charge in [0.05, 0.1) is 33.0 Å². The molecule has 5 saturated heterocycles. The summed E-state index contributed by atoms with van der Waals surface area (Å²) in [4.78, 5) is 46.3. The molecule has 0 aliphatic carbocycles. The molecule has 74 heavy (non-hydrogen) atoms. The number of ether oxygens (including phenoxy) is 4. The molecule has 19 nitrogen and oxygen atoms in total. The number of piperidine rings is 2. The number of carbonyl (C=O) groups is 2. The highest BCUT2D eigenvalue weighted by Crippen LogP contribution is 2.07. The fraction of sp³-hybridized carbons (Fsp3) is 0.964. The quantitative estimate of drug-likeness (QED) is 0.221. The van der Waals surface area contributed by atoms with E-state index in [0.29, 0.717) is 12.8 Å². The van der Waals surface area contributed by atoms with Gasteiger partial charge in [-0.3, -0.25) is 14.5 Å². The third kappa shape index (κ3) is 64.6. The average molecular weight is 1070 g/mol. The van der Waals surface area contributed by atoms with Crippen molar-refractivity contribution < 1.29 is 28.5 Å². The first-order valence-electron chi connectivity index (χ1n) is 28.2. The Morgan fingerprint density at radius 1 is 0.473 bits per heavy atom. The molecule has 0 unspecified atom stereocenters. The lowest BCUT2D eigenvalue weighted by Gasteiger charge is -2.32. The van der Waals surface area contributed by atoms with Gasteiger partial charge in [-0.1, -0.05) is 26.7 Å². The summed E-state index contributed by atoms with van der Waals surface area (Å²) in [5.41, 5.74) is 0. The smallest absolute Gasteiger partial charge is 0.222 e. The summed E-state index contributed by atoms with van der Waals surface area (Å²) in [5, 5.41) is 5.84. The lowest BCUT2D eigenvalue weighted by Crippen LogP contribution is -2.46. The van der Waals surface area contributed by atoms with E-state index >= 15 is 0 Å². The van der Waals surface area contributed by atoms with E-state index in [1.54, 1.807) is 21.3 Å². The molecule has 5 aliphatic rings. The Balaban J connectivity index is -0.000000377.